The van der Waals surface area contributed by atoms with Crippen LogP contribution < -0.4 is 16.6 Å². The molecule has 0 aliphatic heterocycles. The minimum atomic E-state index is -0.684. The van der Waals surface area contributed by atoms with Gasteiger partial charge in [-0.05, 0) is 24.6 Å². The number of benzene rings is 1. The number of nitrogens with zero attached hydrogens (tertiary/aromatic N) is 2. The Kier molecular flexibility index (Phi) is 6.31. The van der Waals surface area contributed by atoms with E-state index in [1.807, 2.05) is 0 Å². The van der Waals surface area contributed by atoms with Gasteiger partial charge in [0.2, 0.25) is 0 Å². The summed E-state index contributed by atoms with van der Waals surface area (Å²) in [5, 5.41) is 6.85. The molecule has 1 heterocycles. The summed E-state index contributed by atoms with van der Waals surface area (Å²) in [6.45, 7) is 2.69. The summed E-state index contributed by atoms with van der Waals surface area (Å²) in [7, 11) is 0. The van der Waals surface area contributed by atoms with E-state index >= 15 is 0 Å². The van der Waals surface area contributed by atoms with Crippen LogP contribution in [0.15, 0.2) is 34.0 Å². The monoisotopic (exact) mass is 350 g/mol. The number of carbonyl (C=O) groups excluding carboxylic acids is 1. The molecule has 0 bridgehead atoms. The van der Waals surface area contributed by atoms with E-state index in [4.69, 9.17) is 11.6 Å². The number of amides is 1. The lowest BCUT2D eigenvalue weighted by Crippen LogP contribution is -2.30. The van der Waals surface area contributed by atoms with Crippen LogP contribution in [-0.4, -0.2) is 27.2 Å². The van der Waals surface area contributed by atoms with Gasteiger partial charge in [-0.1, -0.05) is 37.8 Å². The van der Waals surface area contributed by atoms with Crippen LogP contribution in [0.3, 0.4) is 0 Å². The fraction of sp³-hybridized carbons (Fsp3) is 0.375. The number of halogens is 1. The fourth-order valence-corrected chi connectivity index (χ4v) is 2.41. The standard InChI is InChI=1S/C16H19ClN4O3/c1-2-3-4-5-8-18-15(23)12-9-11(6-7-13(12)17)21-16(24)20-14(22)10-19-21/h6-7,9-10H,2-5,8H2,1H3,(H,18,23)(H,20,22,24). The van der Waals surface area contributed by atoms with Crippen molar-refractivity contribution < 1.29 is 4.79 Å². The summed E-state index contributed by atoms with van der Waals surface area (Å²) in [5.41, 5.74) is -0.674. The number of rotatable bonds is 7. The zero-order chi connectivity index (χ0) is 17.5. The van der Waals surface area contributed by atoms with Crippen LogP contribution in [0.25, 0.3) is 5.69 Å². The lowest BCUT2D eigenvalue weighted by Gasteiger charge is -2.09. The summed E-state index contributed by atoms with van der Waals surface area (Å²) in [6.07, 6.45) is 5.21. The second-order valence-corrected chi connectivity index (χ2v) is 5.74. The SMILES string of the molecule is CCCCCCNC(=O)c1cc(-n2ncc(=O)[nH]c2=O)ccc1Cl. The summed E-state index contributed by atoms with van der Waals surface area (Å²) in [5.74, 6) is -0.309. The average Bonchev–Trinajstić information content (AvgIpc) is 2.55. The van der Waals surface area contributed by atoms with E-state index in [9.17, 15) is 14.4 Å². The van der Waals surface area contributed by atoms with Crippen LogP contribution in [0.4, 0.5) is 0 Å². The van der Waals surface area contributed by atoms with E-state index in [1.54, 1.807) is 6.07 Å². The number of aromatic nitrogens is 3. The molecule has 0 fully saturated rings. The molecule has 0 aliphatic carbocycles. The molecule has 2 rings (SSSR count). The molecule has 7 nitrogen and oxygen atoms in total. The molecule has 0 unspecified atom stereocenters. The van der Waals surface area contributed by atoms with Crippen molar-refractivity contribution >= 4 is 17.5 Å². The zero-order valence-electron chi connectivity index (χ0n) is 13.3. The summed E-state index contributed by atoms with van der Waals surface area (Å²) in [6, 6.07) is 4.53. The van der Waals surface area contributed by atoms with Crippen LogP contribution in [0.5, 0.6) is 0 Å². The van der Waals surface area contributed by atoms with Crippen LogP contribution in [0.2, 0.25) is 5.02 Å². The molecule has 24 heavy (non-hydrogen) atoms. The summed E-state index contributed by atoms with van der Waals surface area (Å²) >= 11 is 6.08. The number of nitrogens with one attached hydrogen (secondary N) is 2. The molecule has 0 saturated carbocycles. The highest BCUT2D eigenvalue weighted by molar-refractivity contribution is 6.33. The van der Waals surface area contributed by atoms with Crippen molar-refractivity contribution in [2.24, 2.45) is 0 Å². The van der Waals surface area contributed by atoms with Crippen molar-refractivity contribution in [1.29, 1.82) is 0 Å². The minimum absolute atomic E-state index is 0.254. The fourth-order valence-electron chi connectivity index (χ4n) is 2.21. The Morgan fingerprint density at radius 2 is 2.08 bits per heavy atom. The first-order chi connectivity index (χ1) is 11.5. The number of H-pyrrole nitrogens is 1. The van der Waals surface area contributed by atoms with Gasteiger partial charge in [0.15, 0.2) is 0 Å². The van der Waals surface area contributed by atoms with E-state index in [0.29, 0.717) is 12.2 Å². The molecule has 0 radical (unpaired) electrons. The smallest absolute Gasteiger partial charge is 0.349 e. The van der Waals surface area contributed by atoms with Crippen molar-refractivity contribution in [2.75, 3.05) is 6.54 Å². The average molecular weight is 351 g/mol. The van der Waals surface area contributed by atoms with E-state index in [2.05, 4.69) is 22.3 Å². The van der Waals surface area contributed by atoms with Crippen molar-refractivity contribution in [3.8, 4) is 5.69 Å². The van der Waals surface area contributed by atoms with E-state index in [-0.39, 0.29) is 16.5 Å². The van der Waals surface area contributed by atoms with Gasteiger partial charge in [0, 0.05) is 6.54 Å². The molecule has 1 aromatic heterocycles. The molecule has 8 heteroatoms. The lowest BCUT2D eigenvalue weighted by molar-refractivity contribution is 0.0953. The Labute approximate surface area is 143 Å². The Morgan fingerprint density at radius 3 is 2.79 bits per heavy atom. The van der Waals surface area contributed by atoms with Gasteiger partial charge >= 0.3 is 5.69 Å². The van der Waals surface area contributed by atoms with Gasteiger partial charge < -0.3 is 5.32 Å². The second kappa shape index (κ2) is 8.44. The molecule has 0 atom stereocenters. The minimum Gasteiger partial charge on any atom is -0.352 e. The molecule has 2 aromatic rings. The molecule has 1 amide bonds. The molecule has 0 aliphatic rings. The van der Waals surface area contributed by atoms with Crippen molar-refractivity contribution in [1.82, 2.24) is 20.1 Å². The summed E-state index contributed by atoms with van der Waals surface area (Å²) in [4.78, 5) is 37.2. The molecular weight excluding hydrogens is 332 g/mol. The van der Waals surface area contributed by atoms with Gasteiger partial charge in [0.05, 0.1) is 16.3 Å². The van der Waals surface area contributed by atoms with E-state index < -0.39 is 11.2 Å². The largest absolute Gasteiger partial charge is 0.352 e. The second-order valence-electron chi connectivity index (χ2n) is 5.33. The van der Waals surface area contributed by atoms with E-state index in [0.717, 1.165) is 36.6 Å². The van der Waals surface area contributed by atoms with Gasteiger partial charge in [-0.3, -0.25) is 14.6 Å². The highest BCUT2D eigenvalue weighted by Gasteiger charge is 2.12. The van der Waals surface area contributed by atoms with Gasteiger partial charge in [-0.25, -0.2) is 4.79 Å². The first-order valence-corrected chi connectivity index (χ1v) is 8.17. The third-order valence-corrected chi connectivity index (χ3v) is 3.80. The summed E-state index contributed by atoms with van der Waals surface area (Å²) < 4.78 is 0.996. The maximum Gasteiger partial charge on any atom is 0.349 e. The quantitative estimate of drug-likeness (QED) is 0.745. The number of unbranched alkanes of at least 4 members (excludes halogenated alkanes) is 3. The molecule has 0 spiro atoms. The first kappa shape index (κ1) is 17.9. The van der Waals surface area contributed by atoms with Crippen LogP contribution in [-0.2, 0) is 0 Å². The molecule has 1 aromatic carbocycles. The number of aromatic amines is 1. The van der Waals surface area contributed by atoms with Crippen molar-refractivity contribution in [3.63, 3.8) is 0 Å². The van der Waals surface area contributed by atoms with E-state index in [1.165, 1.54) is 12.1 Å². The zero-order valence-corrected chi connectivity index (χ0v) is 14.1. The highest BCUT2D eigenvalue weighted by atomic mass is 35.5. The van der Waals surface area contributed by atoms with Crippen molar-refractivity contribution in [2.45, 2.75) is 32.6 Å². The Hall–Kier alpha value is -2.41. The maximum atomic E-state index is 12.3. The number of carbonyl (C=O) groups is 1. The van der Waals surface area contributed by atoms with Crippen LogP contribution in [0, 0.1) is 0 Å². The number of hydrogen-bond acceptors (Lipinski definition) is 4. The van der Waals surface area contributed by atoms with Gasteiger partial charge in [0.25, 0.3) is 11.5 Å². The Balaban J connectivity index is 2.17. The topological polar surface area (TPSA) is 96.8 Å². The molecule has 0 saturated heterocycles. The molecule has 128 valence electrons. The van der Waals surface area contributed by atoms with Crippen LogP contribution in [0.1, 0.15) is 43.0 Å². The maximum absolute atomic E-state index is 12.3. The highest BCUT2D eigenvalue weighted by Crippen LogP contribution is 2.19. The predicted octanol–water partition coefficient (Wildman–Crippen LogP) is 1.88. The molecular formula is C16H19ClN4O3. The first-order valence-electron chi connectivity index (χ1n) is 7.79. The Morgan fingerprint density at radius 1 is 1.29 bits per heavy atom. The third-order valence-electron chi connectivity index (χ3n) is 3.47. The van der Waals surface area contributed by atoms with Crippen LogP contribution >= 0.6 is 11.6 Å². The van der Waals surface area contributed by atoms with Gasteiger partial charge in [0.1, 0.15) is 6.20 Å². The third kappa shape index (κ3) is 4.55. The normalized spacial score (nSPS) is 10.6. The lowest BCUT2D eigenvalue weighted by atomic mass is 10.1. The predicted molar refractivity (Wildman–Crippen MR) is 91.9 cm³/mol. The van der Waals surface area contributed by atoms with Crippen molar-refractivity contribution in [3.05, 3.63) is 55.8 Å². The number of hydrogen-bond donors (Lipinski definition) is 2. The molecule has 2 N–H and O–H groups in total. The van der Waals surface area contributed by atoms with Gasteiger partial charge in [-0.2, -0.15) is 9.78 Å². The Bertz CT molecular complexity index is 829. The van der Waals surface area contributed by atoms with Gasteiger partial charge in [-0.15, -0.1) is 0 Å².